The van der Waals surface area contributed by atoms with Gasteiger partial charge in [0.1, 0.15) is 5.82 Å². The summed E-state index contributed by atoms with van der Waals surface area (Å²) in [6, 6.07) is 6.00. The Morgan fingerprint density at radius 1 is 1.11 bits per heavy atom. The molecule has 0 aliphatic heterocycles. The van der Waals surface area contributed by atoms with E-state index >= 15 is 0 Å². The second kappa shape index (κ2) is 10.3. The minimum absolute atomic E-state index is 0.299. The van der Waals surface area contributed by atoms with E-state index in [1.54, 1.807) is 6.20 Å². The highest BCUT2D eigenvalue weighted by Gasteiger charge is 2.20. The van der Waals surface area contributed by atoms with Crippen molar-refractivity contribution < 1.29 is 0 Å². The maximum atomic E-state index is 9.05. The van der Waals surface area contributed by atoms with Gasteiger partial charge in [-0.1, -0.05) is 25.0 Å². The van der Waals surface area contributed by atoms with E-state index in [2.05, 4.69) is 57.3 Å². The van der Waals surface area contributed by atoms with Crippen molar-refractivity contribution in [3.63, 3.8) is 0 Å². The largest absolute Gasteiger partial charge is 0.384 e. The Bertz CT molecular complexity index is 1520. The highest BCUT2D eigenvalue weighted by molar-refractivity contribution is 6.13. The van der Waals surface area contributed by atoms with Crippen molar-refractivity contribution in [2.24, 2.45) is 0 Å². The van der Waals surface area contributed by atoms with Crippen LogP contribution in [0.2, 0.25) is 0 Å². The summed E-state index contributed by atoms with van der Waals surface area (Å²) in [6.07, 6.45) is 16.4. The number of hydrogen-bond donors (Lipinski definition) is 4. The fourth-order valence-electron chi connectivity index (χ4n) is 4.51. The summed E-state index contributed by atoms with van der Waals surface area (Å²) < 4.78 is 2.02. The minimum Gasteiger partial charge on any atom is -0.384 e. The van der Waals surface area contributed by atoms with Crippen molar-refractivity contribution in [1.82, 2.24) is 24.5 Å². The number of imidazole rings is 1. The standard InChI is InChI=1S/C29H32N8/c1-4-5-8-33-22-10-20(13-32-15-22)21-11-24(29(31)34-14-21)28(30)26-12-23-25(36-26)9-18(2)6-7-27(23)37-16-19(3)35-17-37/h6-7,10-17,30,33,36H,4-5,8-9H2,1-3H3,(H2,31,34). The smallest absolute Gasteiger partial charge is 0.132 e. The van der Waals surface area contributed by atoms with E-state index in [1.165, 1.54) is 5.57 Å². The van der Waals surface area contributed by atoms with E-state index in [9.17, 15) is 0 Å². The topological polar surface area (TPSA) is 121 Å². The number of allylic oxidation sites excluding steroid dienone is 3. The predicted molar refractivity (Wildman–Crippen MR) is 150 cm³/mol. The third-order valence-electron chi connectivity index (χ3n) is 6.53. The molecule has 0 aromatic carbocycles. The first-order chi connectivity index (χ1) is 17.9. The van der Waals surface area contributed by atoms with Crippen molar-refractivity contribution in [3.05, 3.63) is 95.2 Å². The summed E-state index contributed by atoms with van der Waals surface area (Å²) >= 11 is 0. The van der Waals surface area contributed by atoms with Crippen LogP contribution in [0, 0.1) is 12.3 Å². The number of aromatic nitrogens is 5. The fourth-order valence-corrected chi connectivity index (χ4v) is 4.51. The number of nitrogens with two attached hydrogens (primary N) is 1. The second-order valence-corrected chi connectivity index (χ2v) is 9.51. The van der Waals surface area contributed by atoms with Gasteiger partial charge >= 0.3 is 0 Å². The first-order valence-electron chi connectivity index (χ1n) is 12.6. The van der Waals surface area contributed by atoms with Crippen molar-refractivity contribution >= 4 is 22.9 Å². The molecule has 0 spiro atoms. The van der Waals surface area contributed by atoms with E-state index in [1.807, 2.05) is 48.5 Å². The SMILES string of the molecule is CCCCNc1cncc(-c2cnc(N)c(C(=N)c3cc4c([nH]3)CC(C)=CC=C4n3cnc(C)c3)c2)c1. The number of H-pyrrole nitrogens is 1. The maximum Gasteiger partial charge on any atom is 0.132 e. The summed E-state index contributed by atoms with van der Waals surface area (Å²) in [6.45, 7) is 7.16. The van der Waals surface area contributed by atoms with Gasteiger partial charge in [0.2, 0.25) is 0 Å². The highest BCUT2D eigenvalue weighted by Crippen LogP contribution is 2.30. The van der Waals surface area contributed by atoms with Gasteiger partial charge in [-0.3, -0.25) is 10.4 Å². The van der Waals surface area contributed by atoms with Gasteiger partial charge < -0.3 is 20.6 Å². The number of nitrogens with one attached hydrogen (secondary N) is 3. The van der Waals surface area contributed by atoms with Gasteiger partial charge in [0.25, 0.3) is 0 Å². The Balaban J connectivity index is 1.48. The van der Waals surface area contributed by atoms with Gasteiger partial charge in [-0.25, -0.2) is 9.97 Å². The van der Waals surface area contributed by atoms with E-state index in [4.69, 9.17) is 11.1 Å². The lowest BCUT2D eigenvalue weighted by molar-refractivity contribution is 0.834. The number of nitrogen functional groups attached to an aromatic ring is 1. The van der Waals surface area contributed by atoms with Crippen molar-refractivity contribution in [2.45, 2.75) is 40.0 Å². The molecule has 5 rings (SSSR count). The second-order valence-electron chi connectivity index (χ2n) is 9.51. The zero-order valence-corrected chi connectivity index (χ0v) is 21.5. The molecule has 4 aromatic rings. The average Bonchev–Trinajstić information content (AvgIpc) is 3.47. The Hall–Kier alpha value is -4.46. The van der Waals surface area contributed by atoms with Crippen molar-refractivity contribution in [1.29, 1.82) is 5.41 Å². The summed E-state index contributed by atoms with van der Waals surface area (Å²) in [7, 11) is 0. The summed E-state index contributed by atoms with van der Waals surface area (Å²) in [4.78, 5) is 16.7. The van der Waals surface area contributed by atoms with Gasteiger partial charge in [-0.15, -0.1) is 0 Å². The molecule has 188 valence electrons. The molecule has 0 saturated heterocycles. The molecule has 37 heavy (non-hydrogen) atoms. The Labute approximate surface area is 216 Å². The lowest BCUT2D eigenvalue weighted by Crippen LogP contribution is -2.08. The van der Waals surface area contributed by atoms with Crippen LogP contribution >= 0.6 is 0 Å². The van der Waals surface area contributed by atoms with Crippen LogP contribution < -0.4 is 11.1 Å². The average molecular weight is 493 g/mol. The number of aromatic amines is 1. The van der Waals surface area contributed by atoms with Crippen LogP contribution in [0.4, 0.5) is 11.5 Å². The number of rotatable bonds is 8. The van der Waals surface area contributed by atoms with E-state index in [0.717, 1.165) is 65.3 Å². The molecule has 0 amide bonds. The molecule has 0 bridgehead atoms. The minimum atomic E-state index is 0.299. The Morgan fingerprint density at radius 3 is 2.73 bits per heavy atom. The Kier molecular flexibility index (Phi) is 6.72. The van der Waals surface area contributed by atoms with E-state index in [0.29, 0.717) is 22.8 Å². The lowest BCUT2D eigenvalue weighted by Gasteiger charge is -2.10. The first-order valence-corrected chi connectivity index (χ1v) is 12.6. The van der Waals surface area contributed by atoms with Gasteiger partial charge in [0.05, 0.1) is 34.8 Å². The van der Waals surface area contributed by atoms with Gasteiger partial charge in [-0.05, 0) is 44.5 Å². The van der Waals surface area contributed by atoms with Crippen LogP contribution in [0.25, 0.3) is 16.8 Å². The zero-order valence-electron chi connectivity index (χ0n) is 21.5. The van der Waals surface area contributed by atoms with Crippen LogP contribution in [0.5, 0.6) is 0 Å². The van der Waals surface area contributed by atoms with Crippen LogP contribution in [-0.2, 0) is 6.42 Å². The maximum absolute atomic E-state index is 9.05. The van der Waals surface area contributed by atoms with E-state index < -0.39 is 0 Å². The molecule has 8 nitrogen and oxygen atoms in total. The number of aryl methyl sites for hydroxylation is 1. The first kappa shape index (κ1) is 24.2. The molecule has 0 atom stereocenters. The molecule has 0 fully saturated rings. The van der Waals surface area contributed by atoms with Crippen LogP contribution in [0.1, 0.15) is 54.9 Å². The molecule has 4 aromatic heterocycles. The predicted octanol–water partition coefficient (Wildman–Crippen LogP) is 5.58. The van der Waals surface area contributed by atoms with Crippen LogP contribution in [0.15, 0.2) is 67.0 Å². The third kappa shape index (κ3) is 5.09. The number of hydrogen-bond acceptors (Lipinski definition) is 6. The van der Waals surface area contributed by atoms with Gasteiger partial charge in [0, 0.05) is 65.7 Å². The molecule has 1 aliphatic rings. The van der Waals surface area contributed by atoms with E-state index in [-0.39, 0.29) is 0 Å². The van der Waals surface area contributed by atoms with Crippen molar-refractivity contribution in [2.75, 3.05) is 17.6 Å². The quantitative estimate of drug-likeness (QED) is 0.189. The Morgan fingerprint density at radius 2 is 1.95 bits per heavy atom. The molecule has 0 unspecified atom stereocenters. The van der Waals surface area contributed by atoms with Crippen molar-refractivity contribution in [3.8, 4) is 11.1 Å². The molecule has 0 radical (unpaired) electrons. The molecule has 5 N–H and O–H groups in total. The summed E-state index contributed by atoms with van der Waals surface area (Å²) in [5.41, 5.74) is 15.9. The third-order valence-corrected chi connectivity index (χ3v) is 6.53. The monoisotopic (exact) mass is 492 g/mol. The number of anilines is 2. The lowest BCUT2D eigenvalue weighted by atomic mass is 10.0. The van der Waals surface area contributed by atoms with Gasteiger partial charge in [0.15, 0.2) is 0 Å². The fraction of sp³-hybridized carbons (Fsp3) is 0.241. The summed E-state index contributed by atoms with van der Waals surface area (Å²) in [5.74, 6) is 0.320. The molecule has 1 aliphatic carbocycles. The van der Waals surface area contributed by atoms with Gasteiger partial charge in [-0.2, -0.15) is 0 Å². The number of unbranched alkanes of at least 4 members (excludes halogenated alkanes) is 1. The number of fused-ring (bicyclic) bond motifs is 1. The molecule has 0 saturated carbocycles. The number of pyridine rings is 2. The normalized spacial score (nSPS) is 12.9. The zero-order chi connectivity index (χ0) is 25.9. The summed E-state index contributed by atoms with van der Waals surface area (Å²) in [5, 5.41) is 12.5. The van der Waals surface area contributed by atoms with Crippen LogP contribution in [0.3, 0.4) is 0 Å². The number of nitrogens with zero attached hydrogens (tertiary/aromatic N) is 4. The molecular weight excluding hydrogens is 460 g/mol. The highest BCUT2D eigenvalue weighted by atomic mass is 15.0. The molecule has 8 heteroatoms. The molecular formula is C29H32N8. The van der Waals surface area contributed by atoms with Crippen LogP contribution in [-0.4, -0.2) is 36.8 Å². The molecule has 4 heterocycles.